The van der Waals surface area contributed by atoms with E-state index in [2.05, 4.69) is 17.1 Å². The molecule has 4 nitrogen and oxygen atoms in total. The Kier molecular flexibility index (Phi) is 5.26. The molecule has 5 heteroatoms. The van der Waals surface area contributed by atoms with Crippen molar-refractivity contribution in [3.63, 3.8) is 0 Å². The van der Waals surface area contributed by atoms with Gasteiger partial charge in [0.05, 0.1) is 5.25 Å². The molecule has 2 rings (SSSR count). The molecule has 1 N–H and O–H groups in total. The summed E-state index contributed by atoms with van der Waals surface area (Å²) in [5.41, 5.74) is 0. The third-order valence-corrected chi connectivity index (χ3v) is 6.31. The highest BCUT2D eigenvalue weighted by atomic mass is 32.2. The van der Waals surface area contributed by atoms with Crippen molar-refractivity contribution in [1.29, 1.82) is 0 Å². The highest BCUT2D eigenvalue weighted by molar-refractivity contribution is 7.91. The standard InChI is InChI=1S/C14H28N2O2S/c1-3-15-12-6-5-9-16(11-12)13-7-4-8-14(10-13)19(2,17)18/h12-15H,3-11H2,1-2H3. The first-order valence-corrected chi connectivity index (χ1v) is 9.62. The maximum Gasteiger partial charge on any atom is 0.150 e. The molecule has 1 aliphatic heterocycles. The largest absolute Gasteiger partial charge is 0.313 e. The molecule has 0 amide bonds. The molecule has 0 aromatic heterocycles. The average molecular weight is 288 g/mol. The fourth-order valence-corrected chi connectivity index (χ4v) is 4.80. The minimum absolute atomic E-state index is 0.106. The van der Waals surface area contributed by atoms with Crippen LogP contribution in [0, 0.1) is 0 Å². The van der Waals surface area contributed by atoms with E-state index in [9.17, 15) is 8.42 Å². The number of rotatable bonds is 4. The molecule has 0 spiro atoms. The summed E-state index contributed by atoms with van der Waals surface area (Å²) < 4.78 is 23.5. The summed E-state index contributed by atoms with van der Waals surface area (Å²) in [5, 5.41) is 3.43. The molecular formula is C14H28N2O2S. The van der Waals surface area contributed by atoms with Gasteiger partial charge in [-0.2, -0.15) is 0 Å². The van der Waals surface area contributed by atoms with Crippen LogP contribution in [0.25, 0.3) is 0 Å². The number of hydrogen-bond donors (Lipinski definition) is 1. The second kappa shape index (κ2) is 6.55. The summed E-state index contributed by atoms with van der Waals surface area (Å²) in [5.74, 6) is 0. The number of nitrogens with one attached hydrogen (secondary N) is 1. The summed E-state index contributed by atoms with van der Waals surface area (Å²) in [4.78, 5) is 2.54. The van der Waals surface area contributed by atoms with Crippen LogP contribution in [-0.4, -0.2) is 56.5 Å². The third kappa shape index (κ3) is 4.17. The smallest absolute Gasteiger partial charge is 0.150 e. The SMILES string of the molecule is CCNC1CCCN(C2CCCC(S(C)(=O)=O)C2)C1. The molecule has 1 saturated heterocycles. The molecule has 1 aliphatic carbocycles. The molecule has 0 aromatic carbocycles. The van der Waals surface area contributed by atoms with Crippen molar-refractivity contribution in [1.82, 2.24) is 10.2 Å². The highest BCUT2D eigenvalue weighted by Gasteiger charge is 2.33. The molecule has 0 bridgehead atoms. The minimum Gasteiger partial charge on any atom is -0.313 e. The first-order valence-electron chi connectivity index (χ1n) is 7.67. The number of likely N-dealkylation sites (tertiary alicyclic amines) is 1. The van der Waals surface area contributed by atoms with Gasteiger partial charge in [-0.05, 0) is 45.2 Å². The Morgan fingerprint density at radius 2 is 2.00 bits per heavy atom. The maximum absolute atomic E-state index is 11.8. The van der Waals surface area contributed by atoms with Gasteiger partial charge in [-0.25, -0.2) is 8.42 Å². The summed E-state index contributed by atoms with van der Waals surface area (Å²) >= 11 is 0. The average Bonchev–Trinajstić information content (AvgIpc) is 2.39. The molecule has 19 heavy (non-hydrogen) atoms. The highest BCUT2D eigenvalue weighted by Crippen LogP contribution is 2.29. The van der Waals surface area contributed by atoms with E-state index < -0.39 is 9.84 Å². The zero-order valence-corrected chi connectivity index (χ0v) is 13.1. The predicted octanol–water partition coefficient (Wildman–Crippen LogP) is 1.42. The van der Waals surface area contributed by atoms with Crippen molar-refractivity contribution >= 4 is 9.84 Å². The fraction of sp³-hybridized carbons (Fsp3) is 1.00. The predicted molar refractivity (Wildman–Crippen MR) is 79.2 cm³/mol. The van der Waals surface area contributed by atoms with Gasteiger partial charge in [0.2, 0.25) is 0 Å². The second-order valence-electron chi connectivity index (χ2n) is 6.16. The maximum atomic E-state index is 11.8. The van der Waals surface area contributed by atoms with Crippen LogP contribution in [0.5, 0.6) is 0 Å². The van der Waals surface area contributed by atoms with E-state index in [4.69, 9.17) is 0 Å². The van der Waals surface area contributed by atoms with E-state index >= 15 is 0 Å². The van der Waals surface area contributed by atoms with Gasteiger partial charge < -0.3 is 5.32 Å². The van der Waals surface area contributed by atoms with Crippen LogP contribution in [0.3, 0.4) is 0 Å². The van der Waals surface area contributed by atoms with Crippen LogP contribution in [0.2, 0.25) is 0 Å². The minimum atomic E-state index is -2.86. The van der Waals surface area contributed by atoms with Crippen molar-refractivity contribution in [3.05, 3.63) is 0 Å². The van der Waals surface area contributed by atoms with Gasteiger partial charge in [-0.15, -0.1) is 0 Å². The van der Waals surface area contributed by atoms with Crippen molar-refractivity contribution in [3.8, 4) is 0 Å². The first-order chi connectivity index (χ1) is 9.00. The topological polar surface area (TPSA) is 49.4 Å². The number of likely N-dealkylation sites (N-methyl/N-ethyl adjacent to an activating group) is 1. The van der Waals surface area contributed by atoms with Gasteiger partial charge in [0.25, 0.3) is 0 Å². The lowest BCUT2D eigenvalue weighted by molar-refractivity contribution is 0.112. The van der Waals surface area contributed by atoms with E-state index in [1.54, 1.807) is 0 Å². The lowest BCUT2D eigenvalue weighted by atomic mass is 9.91. The van der Waals surface area contributed by atoms with Crippen LogP contribution >= 0.6 is 0 Å². The third-order valence-electron chi connectivity index (χ3n) is 4.67. The Morgan fingerprint density at radius 1 is 1.21 bits per heavy atom. The van der Waals surface area contributed by atoms with E-state index in [0.717, 1.165) is 38.9 Å². The molecular weight excluding hydrogens is 260 g/mol. The number of sulfone groups is 1. The number of hydrogen-bond acceptors (Lipinski definition) is 4. The monoisotopic (exact) mass is 288 g/mol. The van der Waals surface area contributed by atoms with Crippen molar-refractivity contribution < 1.29 is 8.42 Å². The zero-order valence-electron chi connectivity index (χ0n) is 12.3. The van der Waals surface area contributed by atoms with E-state index in [0.29, 0.717) is 12.1 Å². The van der Waals surface area contributed by atoms with Crippen molar-refractivity contribution in [2.75, 3.05) is 25.9 Å². The molecule has 0 radical (unpaired) electrons. The van der Waals surface area contributed by atoms with Gasteiger partial charge in [-0.1, -0.05) is 13.3 Å². The Balaban J connectivity index is 1.93. The Hall–Kier alpha value is -0.130. The van der Waals surface area contributed by atoms with Crippen LogP contribution < -0.4 is 5.32 Å². The molecule has 2 aliphatic rings. The van der Waals surface area contributed by atoms with Gasteiger partial charge in [0, 0.05) is 24.9 Å². The molecule has 1 saturated carbocycles. The lowest BCUT2D eigenvalue weighted by Gasteiger charge is -2.41. The van der Waals surface area contributed by atoms with Crippen molar-refractivity contribution in [2.24, 2.45) is 0 Å². The lowest BCUT2D eigenvalue weighted by Crippen LogP contribution is -2.51. The normalized spacial score (nSPS) is 34.3. The van der Waals surface area contributed by atoms with Crippen molar-refractivity contribution in [2.45, 2.75) is 62.8 Å². The molecule has 2 fully saturated rings. The Labute approximate surface area is 117 Å². The van der Waals surface area contributed by atoms with Crippen LogP contribution in [0.4, 0.5) is 0 Å². The molecule has 1 heterocycles. The van der Waals surface area contributed by atoms with Gasteiger partial charge in [0.15, 0.2) is 0 Å². The van der Waals surface area contributed by atoms with E-state index in [-0.39, 0.29) is 5.25 Å². The van der Waals surface area contributed by atoms with E-state index in [1.807, 2.05) is 0 Å². The Morgan fingerprint density at radius 3 is 2.68 bits per heavy atom. The van der Waals surface area contributed by atoms with Gasteiger partial charge >= 0.3 is 0 Å². The van der Waals surface area contributed by atoms with Crippen LogP contribution in [0.1, 0.15) is 45.4 Å². The van der Waals surface area contributed by atoms with E-state index in [1.165, 1.54) is 25.5 Å². The molecule has 3 atom stereocenters. The van der Waals surface area contributed by atoms with Crippen LogP contribution in [0.15, 0.2) is 0 Å². The van der Waals surface area contributed by atoms with Gasteiger partial charge in [-0.3, -0.25) is 4.90 Å². The number of piperidine rings is 1. The zero-order chi connectivity index (χ0) is 13.9. The second-order valence-corrected chi connectivity index (χ2v) is 8.49. The first kappa shape index (κ1) is 15.3. The van der Waals surface area contributed by atoms with Crippen LogP contribution in [-0.2, 0) is 9.84 Å². The quantitative estimate of drug-likeness (QED) is 0.850. The molecule has 3 unspecified atom stereocenters. The Bertz CT molecular complexity index is 381. The number of nitrogens with zero attached hydrogens (tertiary/aromatic N) is 1. The fourth-order valence-electron chi connectivity index (χ4n) is 3.63. The summed E-state index contributed by atoms with van der Waals surface area (Å²) in [6.07, 6.45) is 7.83. The summed E-state index contributed by atoms with van der Waals surface area (Å²) in [6.45, 7) is 5.41. The molecule has 0 aromatic rings. The van der Waals surface area contributed by atoms with Gasteiger partial charge in [0.1, 0.15) is 9.84 Å². The summed E-state index contributed by atoms with van der Waals surface area (Å²) in [7, 11) is -2.86. The molecule has 112 valence electrons. The summed E-state index contributed by atoms with van der Waals surface area (Å²) in [6, 6.07) is 1.08.